The first-order valence-corrected chi connectivity index (χ1v) is 7.43. The molecule has 0 aliphatic carbocycles. The summed E-state index contributed by atoms with van der Waals surface area (Å²) in [4.78, 5) is 1.96. The third-order valence-electron chi connectivity index (χ3n) is 3.47. The van der Waals surface area contributed by atoms with Crippen molar-refractivity contribution in [3.8, 4) is 0 Å². The Morgan fingerprint density at radius 2 is 1.36 bits per heavy atom. The first kappa shape index (κ1) is 16.2. The van der Waals surface area contributed by atoms with E-state index in [1.165, 1.54) is 0 Å². The molecule has 0 unspecified atom stereocenters. The lowest BCUT2D eigenvalue weighted by atomic mass is 10.1. The van der Waals surface area contributed by atoms with E-state index in [9.17, 15) is 0 Å². The highest BCUT2D eigenvalue weighted by atomic mass is 16.3. The van der Waals surface area contributed by atoms with Gasteiger partial charge in [0, 0.05) is 30.9 Å². The minimum atomic E-state index is 0.0765. The molecule has 0 saturated heterocycles. The normalized spacial score (nSPS) is 11.0. The molecular weight excluding hydrogens is 276 g/mol. The summed E-state index contributed by atoms with van der Waals surface area (Å²) >= 11 is 0. The minimum Gasteiger partial charge on any atom is -0.395 e. The Morgan fingerprint density at radius 3 is 1.86 bits per heavy atom. The molecule has 1 aromatic carbocycles. The topological polar surface area (TPSA) is 47.6 Å². The highest BCUT2D eigenvalue weighted by molar-refractivity contribution is 5.70. The van der Waals surface area contributed by atoms with Gasteiger partial charge in [0.25, 0.3) is 0 Å². The maximum atomic E-state index is 9.07. The lowest BCUT2D eigenvalue weighted by Crippen LogP contribution is -2.29. The van der Waals surface area contributed by atoms with Crippen LogP contribution in [0.2, 0.25) is 0 Å². The van der Waals surface area contributed by atoms with Gasteiger partial charge in [-0.15, -0.1) is 0 Å². The molecule has 0 atom stereocenters. The van der Waals surface area contributed by atoms with Gasteiger partial charge in [-0.25, -0.2) is 4.57 Å². The first-order chi connectivity index (χ1) is 10.7. The number of nitrogens with zero attached hydrogens (tertiary/aromatic N) is 2. The van der Waals surface area contributed by atoms with Gasteiger partial charge >= 0.3 is 0 Å². The number of rotatable bonds is 7. The van der Waals surface area contributed by atoms with Gasteiger partial charge in [0.15, 0.2) is 12.4 Å². The van der Waals surface area contributed by atoms with Crippen molar-refractivity contribution in [1.29, 1.82) is 0 Å². The highest BCUT2D eigenvalue weighted by Crippen LogP contribution is 2.16. The number of pyridine rings is 1. The van der Waals surface area contributed by atoms with E-state index in [1.807, 2.05) is 53.2 Å². The smallest absolute Gasteiger partial charge is 0.169 e. The van der Waals surface area contributed by atoms with Crippen molar-refractivity contribution in [3.63, 3.8) is 0 Å². The zero-order valence-electron chi connectivity index (χ0n) is 12.9. The van der Waals surface area contributed by atoms with E-state index in [2.05, 4.69) is 24.3 Å². The molecule has 0 bridgehead atoms. The Hall–Kier alpha value is -2.17. The fourth-order valence-electron chi connectivity index (χ4n) is 2.22. The Balaban J connectivity index is 2.06. The van der Waals surface area contributed by atoms with Crippen molar-refractivity contribution in [2.45, 2.75) is 0 Å². The second-order valence-corrected chi connectivity index (χ2v) is 5.16. The van der Waals surface area contributed by atoms with Crippen LogP contribution in [-0.4, -0.2) is 36.5 Å². The number of aryl methyl sites for hydroxylation is 1. The molecule has 4 heteroatoms. The molecule has 0 radical (unpaired) electrons. The molecule has 2 aromatic rings. The number of anilines is 1. The Bertz CT molecular complexity index is 585. The maximum Gasteiger partial charge on any atom is 0.169 e. The molecule has 0 aliphatic rings. The zero-order valence-corrected chi connectivity index (χ0v) is 12.9. The molecule has 0 aliphatic heterocycles. The average Bonchev–Trinajstić information content (AvgIpc) is 2.55. The Kier molecular flexibility index (Phi) is 6.13. The van der Waals surface area contributed by atoms with Crippen LogP contribution in [0.15, 0.2) is 48.8 Å². The summed E-state index contributed by atoms with van der Waals surface area (Å²) in [6.45, 7) is 1.20. The van der Waals surface area contributed by atoms with E-state index in [4.69, 9.17) is 10.2 Å². The van der Waals surface area contributed by atoms with Crippen LogP contribution in [0.3, 0.4) is 0 Å². The van der Waals surface area contributed by atoms with Crippen LogP contribution in [0.4, 0.5) is 5.69 Å². The summed E-state index contributed by atoms with van der Waals surface area (Å²) in [5, 5.41) is 18.1. The standard InChI is InChI=1S/C18H23N2O2/c1-19-10-8-17(9-11-19)3-2-16-4-6-18(7-5-16)20(12-14-21)13-15-22/h2-11,21-22H,12-15H2,1H3/q+1. The summed E-state index contributed by atoms with van der Waals surface area (Å²) in [5.41, 5.74) is 3.28. The number of aliphatic hydroxyl groups is 2. The van der Waals surface area contributed by atoms with E-state index in [1.54, 1.807) is 0 Å². The third-order valence-corrected chi connectivity index (χ3v) is 3.47. The molecule has 22 heavy (non-hydrogen) atoms. The van der Waals surface area contributed by atoms with Gasteiger partial charge in [-0.3, -0.25) is 0 Å². The predicted octanol–water partition coefficient (Wildman–Crippen LogP) is 1.47. The van der Waals surface area contributed by atoms with Crippen LogP contribution in [0.25, 0.3) is 12.2 Å². The Morgan fingerprint density at radius 1 is 0.864 bits per heavy atom. The number of hydrogen-bond acceptors (Lipinski definition) is 3. The third kappa shape index (κ3) is 4.69. The van der Waals surface area contributed by atoms with E-state index in [-0.39, 0.29) is 13.2 Å². The van der Waals surface area contributed by atoms with Crippen LogP contribution in [-0.2, 0) is 7.05 Å². The van der Waals surface area contributed by atoms with Gasteiger partial charge in [-0.1, -0.05) is 24.3 Å². The number of hydrogen-bond donors (Lipinski definition) is 2. The van der Waals surface area contributed by atoms with Crippen LogP contribution < -0.4 is 9.47 Å². The van der Waals surface area contributed by atoms with E-state index in [0.29, 0.717) is 13.1 Å². The van der Waals surface area contributed by atoms with E-state index < -0.39 is 0 Å². The summed E-state index contributed by atoms with van der Waals surface area (Å²) in [6, 6.07) is 12.2. The summed E-state index contributed by atoms with van der Waals surface area (Å²) in [6.07, 6.45) is 8.19. The van der Waals surface area contributed by atoms with Crippen LogP contribution in [0.5, 0.6) is 0 Å². The quantitative estimate of drug-likeness (QED) is 0.761. The summed E-state index contributed by atoms with van der Waals surface area (Å²) in [5.74, 6) is 0. The molecule has 2 rings (SSSR count). The molecule has 0 spiro atoms. The molecule has 0 saturated carbocycles. The molecule has 116 valence electrons. The molecule has 0 amide bonds. The second kappa shape index (κ2) is 8.32. The fraction of sp³-hybridized carbons (Fsp3) is 0.278. The van der Waals surface area contributed by atoms with Crippen LogP contribution in [0.1, 0.15) is 11.1 Å². The van der Waals surface area contributed by atoms with Gasteiger partial charge < -0.3 is 15.1 Å². The Labute approximate surface area is 131 Å². The largest absolute Gasteiger partial charge is 0.395 e. The minimum absolute atomic E-state index is 0.0765. The molecular formula is C18H23N2O2+. The SMILES string of the molecule is C[n+]1ccc(/C=C/c2ccc(N(CCO)CCO)cc2)cc1. The maximum absolute atomic E-state index is 9.07. The molecule has 1 heterocycles. The van der Waals surface area contributed by atoms with E-state index in [0.717, 1.165) is 16.8 Å². The van der Waals surface area contributed by atoms with Crippen molar-refractivity contribution in [2.75, 3.05) is 31.2 Å². The molecule has 1 aromatic heterocycles. The summed E-state index contributed by atoms with van der Waals surface area (Å²) in [7, 11) is 2.00. The van der Waals surface area contributed by atoms with Gasteiger partial charge in [-0.2, -0.15) is 0 Å². The van der Waals surface area contributed by atoms with Gasteiger partial charge in [0.2, 0.25) is 0 Å². The van der Waals surface area contributed by atoms with Crippen LogP contribution in [0, 0.1) is 0 Å². The zero-order chi connectivity index (χ0) is 15.8. The van der Waals surface area contributed by atoms with Crippen LogP contribution >= 0.6 is 0 Å². The van der Waals surface area contributed by atoms with E-state index >= 15 is 0 Å². The number of aromatic nitrogens is 1. The van der Waals surface area contributed by atoms with Crippen molar-refractivity contribution < 1.29 is 14.8 Å². The average molecular weight is 299 g/mol. The molecule has 4 nitrogen and oxygen atoms in total. The number of aliphatic hydroxyl groups excluding tert-OH is 2. The first-order valence-electron chi connectivity index (χ1n) is 7.43. The van der Waals surface area contributed by atoms with Gasteiger partial charge in [0.05, 0.1) is 13.2 Å². The number of benzene rings is 1. The van der Waals surface area contributed by atoms with Crippen molar-refractivity contribution in [2.24, 2.45) is 7.05 Å². The van der Waals surface area contributed by atoms with Crippen molar-refractivity contribution in [1.82, 2.24) is 0 Å². The monoisotopic (exact) mass is 299 g/mol. The molecule has 2 N–H and O–H groups in total. The van der Waals surface area contributed by atoms with Gasteiger partial charge in [0.1, 0.15) is 7.05 Å². The molecule has 0 fully saturated rings. The fourth-order valence-corrected chi connectivity index (χ4v) is 2.22. The highest BCUT2D eigenvalue weighted by Gasteiger charge is 2.04. The predicted molar refractivity (Wildman–Crippen MR) is 89.4 cm³/mol. The second-order valence-electron chi connectivity index (χ2n) is 5.16. The summed E-state index contributed by atoms with van der Waals surface area (Å²) < 4.78 is 2.00. The lowest BCUT2D eigenvalue weighted by Gasteiger charge is -2.22. The lowest BCUT2D eigenvalue weighted by molar-refractivity contribution is -0.671. The van der Waals surface area contributed by atoms with Crippen molar-refractivity contribution >= 4 is 17.8 Å². The van der Waals surface area contributed by atoms with Crippen molar-refractivity contribution in [3.05, 3.63) is 59.9 Å². The van der Waals surface area contributed by atoms with Gasteiger partial charge in [-0.05, 0) is 23.3 Å².